The summed E-state index contributed by atoms with van der Waals surface area (Å²) in [5.41, 5.74) is 1.97. The number of esters is 1. The molecule has 0 aromatic heterocycles. The van der Waals surface area contributed by atoms with Gasteiger partial charge in [-0.05, 0) is 65.3 Å². The maximum atomic E-state index is 12.2. The lowest BCUT2D eigenvalue weighted by molar-refractivity contribution is 0.0104. The zero-order chi connectivity index (χ0) is 16.1. The highest BCUT2D eigenvalue weighted by Crippen LogP contribution is 2.18. The van der Waals surface area contributed by atoms with Gasteiger partial charge < -0.3 is 4.74 Å². The number of rotatable bonds is 4. The van der Waals surface area contributed by atoms with Crippen molar-refractivity contribution in [3.05, 3.63) is 69.3 Å². The van der Waals surface area contributed by atoms with Crippen LogP contribution < -0.4 is 0 Å². The van der Waals surface area contributed by atoms with Gasteiger partial charge in [-0.15, -0.1) is 0 Å². The van der Waals surface area contributed by atoms with Gasteiger partial charge in [0.15, 0.2) is 0 Å². The summed E-state index contributed by atoms with van der Waals surface area (Å²) in [6, 6.07) is 18.0. The highest BCUT2D eigenvalue weighted by Gasteiger charge is 2.22. The van der Waals surface area contributed by atoms with E-state index >= 15 is 0 Å². The Morgan fingerprint density at radius 2 is 1.70 bits per heavy atom. The molecule has 4 heteroatoms. The Labute approximate surface area is 150 Å². The van der Waals surface area contributed by atoms with Crippen molar-refractivity contribution in [3.63, 3.8) is 0 Å². The lowest BCUT2D eigenvalue weighted by Gasteiger charge is -2.31. The number of likely N-dealkylation sites (tertiary alicyclic amines) is 1. The maximum Gasteiger partial charge on any atom is 0.338 e. The predicted octanol–water partition coefficient (Wildman–Crippen LogP) is 4.11. The monoisotopic (exact) mass is 421 g/mol. The summed E-state index contributed by atoms with van der Waals surface area (Å²) in [6.45, 7) is 2.91. The molecule has 1 heterocycles. The van der Waals surface area contributed by atoms with Gasteiger partial charge in [0, 0.05) is 23.2 Å². The van der Waals surface area contributed by atoms with Gasteiger partial charge in [-0.3, -0.25) is 4.90 Å². The van der Waals surface area contributed by atoms with Crippen molar-refractivity contribution in [2.45, 2.75) is 25.5 Å². The van der Waals surface area contributed by atoms with Crippen LogP contribution in [0.25, 0.3) is 0 Å². The first-order valence-electron chi connectivity index (χ1n) is 7.93. The van der Waals surface area contributed by atoms with E-state index < -0.39 is 0 Å². The van der Waals surface area contributed by atoms with E-state index in [9.17, 15) is 4.79 Å². The number of ether oxygens (including phenoxy) is 1. The van der Waals surface area contributed by atoms with Crippen molar-refractivity contribution in [1.82, 2.24) is 4.90 Å². The minimum atomic E-state index is -0.206. The quantitative estimate of drug-likeness (QED) is 0.550. The van der Waals surface area contributed by atoms with Gasteiger partial charge in [-0.2, -0.15) is 0 Å². The molecule has 1 aliphatic rings. The second-order valence-corrected chi connectivity index (χ2v) is 7.12. The van der Waals surface area contributed by atoms with E-state index in [1.807, 2.05) is 30.3 Å². The number of hydrogen-bond acceptors (Lipinski definition) is 3. The first kappa shape index (κ1) is 16.5. The fourth-order valence-electron chi connectivity index (χ4n) is 2.83. The lowest BCUT2D eigenvalue weighted by atomic mass is 10.1. The summed E-state index contributed by atoms with van der Waals surface area (Å²) in [4.78, 5) is 14.6. The smallest absolute Gasteiger partial charge is 0.338 e. The maximum absolute atomic E-state index is 12.2. The Bertz CT molecular complexity index is 634. The largest absolute Gasteiger partial charge is 0.459 e. The van der Waals surface area contributed by atoms with Crippen molar-refractivity contribution in [2.75, 3.05) is 13.1 Å². The van der Waals surface area contributed by atoms with E-state index in [1.165, 1.54) is 5.56 Å². The van der Waals surface area contributed by atoms with Crippen molar-refractivity contribution in [1.29, 1.82) is 0 Å². The molecule has 0 radical (unpaired) electrons. The molecule has 2 aromatic carbocycles. The summed E-state index contributed by atoms with van der Waals surface area (Å²) in [7, 11) is 0. The first-order chi connectivity index (χ1) is 11.2. The average Bonchev–Trinajstić information content (AvgIpc) is 2.58. The number of piperidine rings is 1. The van der Waals surface area contributed by atoms with E-state index in [2.05, 4.69) is 51.8 Å². The van der Waals surface area contributed by atoms with Gasteiger partial charge in [-0.1, -0.05) is 30.3 Å². The van der Waals surface area contributed by atoms with Crippen LogP contribution in [0.5, 0.6) is 0 Å². The molecule has 0 aliphatic carbocycles. The standard InChI is InChI=1S/C19H20INO2/c20-17-8-6-16(7-9-17)19(22)23-18-10-12-21(13-11-18)14-15-4-2-1-3-5-15/h1-9,18H,10-14H2. The molecular weight excluding hydrogens is 401 g/mol. The lowest BCUT2D eigenvalue weighted by Crippen LogP contribution is -2.37. The van der Waals surface area contributed by atoms with Crippen LogP contribution in [-0.4, -0.2) is 30.1 Å². The van der Waals surface area contributed by atoms with Crippen LogP contribution in [0.1, 0.15) is 28.8 Å². The van der Waals surface area contributed by atoms with Crippen LogP contribution in [0.3, 0.4) is 0 Å². The van der Waals surface area contributed by atoms with Crippen LogP contribution in [0.15, 0.2) is 54.6 Å². The van der Waals surface area contributed by atoms with Gasteiger partial charge in [0.1, 0.15) is 6.10 Å². The molecule has 1 saturated heterocycles. The van der Waals surface area contributed by atoms with E-state index in [0.29, 0.717) is 5.56 Å². The van der Waals surface area contributed by atoms with Gasteiger partial charge in [-0.25, -0.2) is 4.79 Å². The molecule has 0 unspecified atom stereocenters. The van der Waals surface area contributed by atoms with Crippen LogP contribution in [0.4, 0.5) is 0 Å². The van der Waals surface area contributed by atoms with Crippen molar-refractivity contribution >= 4 is 28.6 Å². The summed E-state index contributed by atoms with van der Waals surface area (Å²) in [5, 5.41) is 0. The third-order valence-electron chi connectivity index (χ3n) is 4.14. The summed E-state index contributed by atoms with van der Waals surface area (Å²) in [6.07, 6.45) is 1.85. The minimum Gasteiger partial charge on any atom is -0.459 e. The topological polar surface area (TPSA) is 29.5 Å². The number of nitrogens with zero attached hydrogens (tertiary/aromatic N) is 1. The molecule has 0 saturated carbocycles. The molecule has 1 aliphatic heterocycles. The van der Waals surface area contributed by atoms with E-state index in [0.717, 1.165) is 36.0 Å². The van der Waals surface area contributed by atoms with Crippen LogP contribution in [0, 0.1) is 3.57 Å². The average molecular weight is 421 g/mol. The SMILES string of the molecule is O=C(OC1CCN(Cc2ccccc2)CC1)c1ccc(I)cc1. The Hall–Kier alpha value is -1.40. The fourth-order valence-corrected chi connectivity index (χ4v) is 3.19. The summed E-state index contributed by atoms with van der Waals surface area (Å²) < 4.78 is 6.77. The highest BCUT2D eigenvalue weighted by atomic mass is 127. The van der Waals surface area contributed by atoms with Gasteiger partial charge in [0.25, 0.3) is 0 Å². The number of halogens is 1. The van der Waals surface area contributed by atoms with Crippen LogP contribution in [0.2, 0.25) is 0 Å². The number of carbonyl (C=O) groups is 1. The van der Waals surface area contributed by atoms with Crippen molar-refractivity contribution < 1.29 is 9.53 Å². The molecule has 0 spiro atoms. The van der Waals surface area contributed by atoms with E-state index in [4.69, 9.17) is 4.74 Å². The second-order valence-electron chi connectivity index (χ2n) is 5.87. The Balaban J connectivity index is 1.47. The first-order valence-corrected chi connectivity index (χ1v) is 9.01. The van der Waals surface area contributed by atoms with Gasteiger partial charge in [0.2, 0.25) is 0 Å². The van der Waals surface area contributed by atoms with Crippen LogP contribution in [-0.2, 0) is 11.3 Å². The van der Waals surface area contributed by atoms with Crippen LogP contribution >= 0.6 is 22.6 Å². The molecule has 0 amide bonds. The molecule has 1 fully saturated rings. The molecule has 0 bridgehead atoms. The molecule has 3 rings (SSSR count). The number of carbonyl (C=O) groups excluding carboxylic acids is 1. The molecular formula is C19H20INO2. The number of hydrogen-bond donors (Lipinski definition) is 0. The third kappa shape index (κ3) is 4.78. The molecule has 3 nitrogen and oxygen atoms in total. The molecule has 0 N–H and O–H groups in total. The summed E-state index contributed by atoms with van der Waals surface area (Å²) in [5.74, 6) is -0.206. The Morgan fingerprint density at radius 1 is 1.04 bits per heavy atom. The summed E-state index contributed by atoms with van der Waals surface area (Å²) >= 11 is 2.23. The minimum absolute atomic E-state index is 0.0359. The molecule has 2 aromatic rings. The Kier molecular flexibility index (Phi) is 5.67. The second kappa shape index (κ2) is 7.93. The zero-order valence-electron chi connectivity index (χ0n) is 13.0. The highest BCUT2D eigenvalue weighted by molar-refractivity contribution is 14.1. The molecule has 120 valence electrons. The fraction of sp³-hybridized carbons (Fsp3) is 0.316. The Morgan fingerprint density at radius 3 is 2.35 bits per heavy atom. The zero-order valence-corrected chi connectivity index (χ0v) is 15.1. The molecule has 23 heavy (non-hydrogen) atoms. The van der Waals surface area contributed by atoms with Crippen molar-refractivity contribution in [3.8, 4) is 0 Å². The van der Waals surface area contributed by atoms with Gasteiger partial charge >= 0.3 is 5.97 Å². The normalized spacial score (nSPS) is 16.2. The van der Waals surface area contributed by atoms with E-state index in [1.54, 1.807) is 0 Å². The predicted molar refractivity (Wildman–Crippen MR) is 99.3 cm³/mol. The number of benzene rings is 2. The van der Waals surface area contributed by atoms with Crippen molar-refractivity contribution in [2.24, 2.45) is 0 Å². The third-order valence-corrected chi connectivity index (χ3v) is 4.86. The van der Waals surface area contributed by atoms with Gasteiger partial charge in [0.05, 0.1) is 5.56 Å². The van der Waals surface area contributed by atoms with E-state index in [-0.39, 0.29) is 12.1 Å². The molecule has 0 atom stereocenters.